The number of ether oxygens (including phenoxy) is 1. The van der Waals surface area contributed by atoms with Crippen LogP contribution in [0.4, 0.5) is 20.3 Å². The summed E-state index contributed by atoms with van der Waals surface area (Å²) in [5.41, 5.74) is 12.3. The predicted octanol–water partition coefficient (Wildman–Crippen LogP) is 3.84. The van der Waals surface area contributed by atoms with Crippen LogP contribution in [-0.4, -0.2) is 23.8 Å². The molecule has 170 valence electrons. The second-order valence-corrected chi connectivity index (χ2v) is 9.31. The summed E-state index contributed by atoms with van der Waals surface area (Å²) in [6, 6.07) is 8.13. The molecule has 0 radical (unpaired) electrons. The van der Waals surface area contributed by atoms with Crippen LogP contribution < -0.4 is 20.9 Å². The smallest absolute Gasteiger partial charge is 0.258 e. The fourth-order valence-corrected chi connectivity index (χ4v) is 3.67. The number of anilines is 2. The van der Waals surface area contributed by atoms with Gasteiger partial charge in [-0.1, -0.05) is 23.7 Å². The van der Waals surface area contributed by atoms with Gasteiger partial charge >= 0.3 is 0 Å². The summed E-state index contributed by atoms with van der Waals surface area (Å²) in [4.78, 5) is 8.33. The maximum absolute atomic E-state index is 14.2. The predicted molar refractivity (Wildman–Crippen MR) is 118 cm³/mol. The Kier molecular flexibility index (Phi) is 6.82. The summed E-state index contributed by atoms with van der Waals surface area (Å²) in [7, 11) is -3.70. The number of nitrogens with zero attached hydrogens (tertiary/aromatic N) is 2. The van der Waals surface area contributed by atoms with Crippen molar-refractivity contribution in [3.05, 3.63) is 64.8 Å². The average Bonchev–Trinajstić information content (AvgIpc) is 2.73. The van der Waals surface area contributed by atoms with Gasteiger partial charge in [0.25, 0.3) is 5.88 Å². The van der Waals surface area contributed by atoms with Gasteiger partial charge in [-0.25, -0.2) is 27.2 Å². The summed E-state index contributed by atoms with van der Waals surface area (Å²) in [5.74, 6) is -1.69. The van der Waals surface area contributed by atoms with Gasteiger partial charge in [0.1, 0.15) is 23.1 Å². The Balaban J connectivity index is 1.86. The number of halogens is 3. The topological polar surface area (TPSA) is 133 Å². The second kappa shape index (κ2) is 9.23. The van der Waals surface area contributed by atoms with Gasteiger partial charge in [-0.3, -0.25) is 4.72 Å². The van der Waals surface area contributed by atoms with Crippen LogP contribution >= 0.6 is 11.6 Å². The van der Waals surface area contributed by atoms with Crippen molar-refractivity contribution >= 4 is 33.1 Å². The van der Waals surface area contributed by atoms with E-state index in [1.54, 1.807) is 12.1 Å². The third kappa shape index (κ3) is 5.06. The highest BCUT2D eigenvalue weighted by Gasteiger charge is 2.22. The highest BCUT2D eigenvalue weighted by molar-refractivity contribution is 7.93. The van der Waals surface area contributed by atoms with Crippen molar-refractivity contribution in [1.29, 1.82) is 0 Å². The zero-order chi connectivity index (χ0) is 23.6. The van der Waals surface area contributed by atoms with Gasteiger partial charge in [-0.15, -0.1) is 0 Å². The third-order valence-electron chi connectivity index (χ3n) is 4.47. The fourth-order valence-electron chi connectivity index (χ4n) is 2.72. The molecule has 0 spiro atoms. The van der Waals surface area contributed by atoms with Crippen molar-refractivity contribution in [3.8, 4) is 17.1 Å². The Labute approximate surface area is 188 Å². The molecule has 5 N–H and O–H groups in total. The highest BCUT2D eigenvalue weighted by Crippen LogP contribution is 2.33. The first-order valence-electron chi connectivity index (χ1n) is 9.30. The van der Waals surface area contributed by atoms with Crippen LogP contribution in [0.1, 0.15) is 25.5 Å². The minimum atomic E-state index is -3.70. The molecule has 0 aliphatic rings. The van der Waals surface area contributed by atoms with E-state index in [2.05, 4.69) is 14.7 Å². The van der Waals surface area contributed by atoms with E-state index in [4.69, 9.17) is 27.8 Å². The molecule has 3 rings (SSSR count). The van der Waals surface area contributed by atoms with E-state index in [0.717, 1.165) is 12.1 Å². The van der Waals surface area contributed by atoms with Crippen molar-refractivity contribution in [2.24, 2.45) is 5.73 Å². The van der Waals surface area contributed by atoms with Gasteiger partial charge in [0, 0.05) is 16.8 Å². The zero-order valence-electron chi connectivity index (χ0n) is 17.0. The van der Waals surface area contributed by atoms with Crippen LogP contribution in [0.15, 0.2) is 42.6 Å². The van der Waals surface area contributed by atoms with E-state index in [1.807, 2.05) is 0 Å². The standard InChI is InChI=1S/C20H20ClF2N5O3S/c1-10(17-14(22)7-8-15(23)18(17)21)31-20-19(25)26-9-16(27-20)12-3-5-13(6-4-12)28-32(29,30)11(2)24/h3-11,28H,24H2,1-2H3,(H2,25,26). The van der Waals surface area contributed by atoms with Crippen LogP contribution in [0.5, 0.6) is 5.88 Å². The molecule has 0 amide bonds. The van der Waals surface area contributed by atoms with Gasteiger partial charge in [0.15, 0.2) is 5.82 Å². The molecular formula is C20H20ClF2N5O3S. The van der Waals surface area contributed by atoms with E-state index in [1.165, 1.54) is 32.2 Å². The molecule has 0 aliphatic heterocycles. The molecule has 8 nitrogen and oxygen atoms in total. The highest BCUT2D eigenvalue weighted by atomic mass is 35.5. The molecule has 2 unspecified atom stereocenters. The first-order valence-corrected chi connectivity index (χ1v) is 11.2. The maximum Gasteiger partial charge on any atom is 0.258 e. The summed E-state index contributed by atoms with van der Waals surface area (Å²) in [6.45, 7) is 2.82. The Hall–Kier alpha value is -3.02. The Morgan fingerprint density at radius 3 is 2.34 bits per heavy atom. The van der Waals surface area contributed by atoms with E-state index in [9.17, 15) is 17.2 Å². The zero-order valence-corrected chi connectivity index (χ0v) is 18.6. The van der Waals surface area contributed by atoms with Crippen LogP contribution in [0.2, 0.25) is 5.02 Å². The van der Waals surface area contributed by atoms with E-state index < -0.39 is 38.2 Å². The molecule has 0 fully saturated rings. The SMILES string of the molecule is CC(Oc1nc(-c2ccc(NS(=O)(=O)C(C)N)cc2)cnc1N)c1c(F)ccc(F)c1Cl. The van der Waals surface area contributed by atoms with Crippen molar-refractivity contribution in [2.45, 2.75) is 25.3 Å². The molecule has 0 bridgehead atoms. The van der Waals surface area contributed by atoms with Crippen LogP contribution in [0.25, 0.3) is 11.3 Å². The first kappa shape index (κ1) is 23.6. The first-order chi connectivity index (χ1) is 15.0. The van der Waals surface area contributed by atoms with Crippen LogP contribution in [0, 0.1) is 11.6 Å². The number of hydrogen-bond acceptors (Lipinski definition) is 7. The van der Waals surface area contributed by atoms with Gasteiger partial charge in [0.2, 0.25) is 10.0 Å². The largest absolute Gasteiger partial charge is 0.467 e. The van der Waals surface area contributed by atoms with Crippen molar-refractivity contribution in [1.82, 2.24) is 9.97 Å². The number of nitrogens with two attached hydrogens (primary N) is 2. The minimum absolute atomic E-state index is 0.0603. The summed E-state index contributed by atoms with van der Waals surface area (Å²) >= 11 is 5.89. The maximum atomic E-state index is 14.2. The lowest BCUT2D eigenvalue weighted by Gasteiger charge is -2.18. The summed E-state index contributed by atoms with van der Waals surface area (Å²) in [6.07, 6.45) is 0.379. The van der Waals surface area contributed by atoms with Crippen LogP contribution in [0.3, 0.4) is 0 Å². The fraction of sp³-hybridized carbons (Fsp3) is 0.200. The normalized spacial score (nSPS) is 13.4. The number of benzene rings is 2. The lowest BCUT2D eigenvalue weighted by Crippen LogP contribution is -2.32. The Bertz CT molecular complexity index is 1240. The summed E-state index contributed by atoms with van der Waals surface area (Å²) < 4.78 is 59.7. The number of aromatic nitrogens is 2. The third-order valence-corrected chi connectivity index (χ3v) is 6.35. The average molecular weight is 484 g/mol. The molecule has 2 aromatic carbocycles. The number of nitrogen functional groups attached to an aromatic ring is 1. The van der Waals surface area contributed by atoms with E-state index >= 15 is 0 Å². The molecule has 3 aromatic rings. The van der Waals surface area contributed by atoms with Crippen molar-refractivity contribution in [3.63, 3.8) is 0 Å². The molecule has 1 aromatic heterocycles. The van der Waals surface area contributed by atoms with Crippen molar-refractivity contribution < 1.29 is 21.9 Å². The van der Waals surface area contributed by atoms with Gasteiger partial charge in [0.05, 0.1) is 16.9 Å². The second-order valence-electron chi connectivity index (χ2n) is 6.89. The van der Waals surface area contributed by atoms with Gasteiger partial charge in [-0.05, 0) is 38.1 Å². The monoisotopic (exact) mass is 483 g/mol. The number of hydrogen-bond donors (Lipinski definition) is 3. The Morgan fingerprint density at radius 2 is 1.72 bits per heavy atom. The lowest BCUT2D eigenvalue weighted by atomic mass is 10.1. The molecular weight excluding hydrogens is 464 g/mol. The van der Waals surface area contributed by atoms with Gasteiger partial charge < -0.3 is 16.2 Å². The minimum Gasteiger partial charge on any atom is -0.467 e. The number of sulfonamides is 1. The molecule has 2 atom stereocenters. The van der Waals surface area contributed by atoms with E-state index in [0.29, 0.717) is 16.9 Å². The number of rotatable bonds is 7. The quantitative estimate of drug-likeness (QED) is 0.434. The van der Waals surface area contributed by atoms with Gasteiger partial charge in [-0.2, -0.15) is 0 Å². The number of nitrogens with one attached hydrogen (secondary N) is 1. The molecule has 1 heterocycles. The molecule has 0 saturated heterocycles. The lowest BCUT2D eigenvalue weighted by molar-refractivity contribution is 0.213. The van der Waals surface area contributed by atoms with Crippen molar-refractivity contribution in [2.75, 3.05) is 10.5 Å². The molecule has 0 saturated carbocycles. The molecule has 12 heteroatoms. The van der Waals surface area contributed by atoms with E-state index in [-0.39, 0.29) is 17.3 Å². The molecule has 32 heavy (non-hydrogen) atoms. The van der Waals surface area contributed by atoms with Crippen LogP contribution in [-0.2, 0) is 10.0 Å². The Morgan fingerprint density at radius 1 is 1.09 bits per heavy atom. The summed E-state index contributed by atoms with van der Waals surface area (Å²) in [5, 5.41) is -1.48. The molecule has 0 aliphatic carbocycles.